The topological polar surface area (TPSA) is 83.5 Å². The van der Waals surface area contributed by atoms with Crippen LogP contribution in [-0.2, 0) is 10.0 Å². The van der Waals surface area contributed by atoms with Gasteiger partial charge in [0.1, 0.15) is 9.77 Å². The SMILES string of the molecule is Cc1csc(C(=O)O)c1S(=O)(=O)NC1CC=CC1. The molecule has 0 saturated carbocycles. The van der Waals surface area contributed by atoms with Crippen molar-refractivity contribution in [2.24, 2.45) is 0 Å². The average Bonchev–Trinajstić information content (AvgIpc) is 2.86. The van der Waals surface area contributed by atoms with E-state index >= 15 is 0 Å². The smallest absolute Gasteiger partial charge is 0.347 e. The highest BCUT2D eigenvalue weighted by Crippen LogP contribution is 2.27. The number of carboxylic acids is 1. The summed E-state index contributed by atoms with van der Waals surface area (Å²) in [6.45, 7) is 1.60. The van der Waals surface area contributed by atoms with E-state index in [9.17, 15) is 13.2 Å². The lowest BCUT2D eigenvalue weighted by Crippen LogP contribution is -2.33. The highest BCUT2D eigenvalue weighted by atomic mass is 32.2. The first-order valence-electron chi connectivity index (χ1n) is 5.40. The summed E-state index contributed by atoms with van der Waals surface area (Å²) >= 11 is 0.935. The van der Waals surface area contributed by atoms with Gasteiger partial charge in [-0.2, -0.15) is 0 Å². The molecule has 1 aliphatic rings. The Morgan fingerprint density at radius 2 is 2.06 bits per heavy atom. The maximum absolute atomic E-state index is 12.2. The van der Waals surface area contributed by atoms with Crippen molar-refractivity contribution in [1.29, 1.82) is 0 Å². The number of nitrogens with one attached hydrogen (secondary N) is 1. The molecule has 5 nitrogen and oxygen atoms in total. The molecule has 18 heavy (non-hydrogen) atoms. The molecule has 0 amide bonds. The molecule has 2 N–H and O–H groups in total. The van der Waals surface area contributed by atoms with E-state index in [2.05, 4.69) is 4.72 Å². The lowest BCUT2D eigenvalue weighted by Gasteiger charge is -2.13. The highest BCUT2D eigenvalue weighted by Gasteiger charge is 2.28. The molecule has 0 fully saturated rings. The minimum atomic E-state index is -3.77. The Bertz CT molecular complexity index is 593. The van der Waals surface area contributed by atoms with Gasteiger partial charge >= 0.3 is 5.97 Å². The molecule has 2 rings (SSSR count). The van der Waals surface area contributed by atoms with Crippen LogP contribution < -0.4 is 4.72 Å². The summed E-state index contributed by atoms with van der Waals surface area (Å²) in [6.07, 6.45) is 5.10. The van der Waals surface area contributed by atoms with Crippen LogP contribution in [-0.4, -0.2) is 25.5 Å². The summed E-state index contributed by atoms with van der Waals surface area (Å²) in [5, 5.41) is 10.6. The Morgan fingerprint density at radius 3 is 2.61 bits per heavy atom. The van der Waals surface area contributed by atoms with Gasteiger partial charge in [-0.25, -0.2) is 17.9 Å². The quantitative estimate of drug-likeness (QED) is 0.826. The van der Waals surface area contributed by atoms with Gasteiger partial charge in [-0.05, 0) is 30.7 Å². The highest BCUT2D eigenvalue weighted by molar-refractivity contribution is 7.89. The van der Waals surface area contributed by atoms with Gasteiger partial charge in [0, 0.05) is 6.04 Å². The van der Waals surface area contributed by atoms with Crippen LogP contribution in [0.5, 0.6) is 0 Å². The van der Waals surface area contributed by atoms with Gasteiger partial charge in [0.15, 0.2) is 0 Å². The number of thiophene rings is 1. The van der Waals surface area contributed by atoms with Crippen molar-refractivity contribution >= 4 is 27.3 Å². The summed E-state index contributed by atoms with van der Waals surface area (Å²) in [5.74, 6) is -1.21. The predicted molar refractivity (Wildman–Crippen MR) is 68.5 cm³/mol. The zero-order valence-electron chi connectivity index (χ0n) is 9.71. The first-order chi connectivity index (χ1) is 8.42. The Hall–Kier alpha value is -1.18. The standard InChI is InChI=1S/C11H13NO4S2/c1-7-6-17-9(11(13)14)10(7)18(15,16)12-8-4-2-3-5-8/h2-3,6,8,12H,4-5H2,1H3,(H,13,14). The van der Waals surface area contributed by atoms with Crippen LogP contribution in [0.3, 0.4) is 0 Å². The van der Waals surface area contributed by atoms with E-state index in [1.807, 2.05) is 12.2 Å². The zero-order valence-corrected chi connectivity index (χ0v) is 11.3. The summed E-state index contributed by atoms with van der Waals surface area (Å²) in [4.78, 5) is 10.8. The molecule has 0 spiro atoms. The second-order valence-electron chi connectivity index (χ2n) is 4.14. The van der Waals surface area contributed by atoms with E-state index in [1.54, 1.807) is 12.3 Å². The molecule has 7 heteroatoms. The molecule has 1 aromatic heterocycles. The third-order valence-electron chi connectivity index (χ3n) is 2.71. The second kappa shape index (κ2) is 4.83. The van der Waals surface area contributed by atoms with Crippen molar-refractivity contribution in [3.05, 3.63) is 28.0 Å². The number of hydrogen-bond acceptors (Lipinski definition) is 4. The second-order valence-corrected chi connectivity index (χ2v) is 6.67. The van der Waals surface area contributed by atoms with Gasteiger partial charge in [-0.15, -0.1) is 11.3 Å². The molecule has 1 aliphatic carbocycles. The van der Waals surface area contributed by atoms with Crippen molar-refractivity contribution in [3.8, 4) is 0 Å². The number of carbonyl (C=O) groups is 1. The van der Waals surface area contributed by atoms with Crippen molar-refractivity contribution in [2.75, 3.05) is 0 Å². The van der Waals surface area contributed by atoms with Crippen LogP contribution in [0.1, 0.15) is 28.1 Å². The Balaban J connectivity index is 2.34. The zero-order chi connectivity index (χ0) is 13.3. The fraction of sp³-hybridized carbons (Fsp3) is 0.364. The molecule has 0 radical (unpaired) electrons. The molecule has 1 heterocycles. The number of carboxylic acid groups (broad SMARTS) is 1. The van der Waals surface area contributed by atoms with E-state index in [4.69, 9.17) is 5.11 Å². The van der Waals surface area contributed by atoms with Gasteiger partial charge in [0.2, 0.25) is 10.0 Å². The fourth-order valence-corrected chi connectivity index (χ4v) is 4.80. The Labute approximate surface area is 109 Å². The number of sulfonamides is 1. The normalized spacial score (nSPS) is 16.3. The van der Waals surface area contributed by atoms with Gasteiger partial charge in [-0.3, -0.25) is 0 Å². The first kappa shape index (κ1) is 13.3. The van der Waals surface area contributed by atoms with Crippen LogP contribution in [0.25, 0.3) is 0 Å². The third kappa shape index (κ3) is 2.47. The average molecular weight is 287 g/mol. The van der Waals surface area contributed by atoms with Crippen LogP contribution >= 0.6 is 11.3 Å². The molecule has 0 atom stereocenters. The molecule has 0 aromatic carbocycles. The van der Waals surface area contributed by atoms with E-state index in [0.29, 0.717) is 18.4 Å². The number of aryl methyl sites for hydroxylation is 1. The molecule has 1 aromatic rings. The van der Waals surface area contributed by atoms with E-state index in [1.165, 1.54) is 0 Å². The maximum Gasteiger partial charge on any atom is 0.347 e. The van der Waals surface area contributed by atoms with Gasteiger partial charge < -0.3 is 5.11 Å². The van der Waals surface area contributed by atoms with E-state index < -0.39 is 16.0 Å². The fourth-order valence-electron chi connectivity index (χ4n) is 1.91. The van der Waals surface area contributed by atoms with Gasteiger partial charge in [0.05, 0.1) is 0 Å². The predicted octanol–water partition coefficient (Wildman–Crippen LogP) is 1.75. The van der Waals surface area contributed by atoms with Crippen LogP contribution in [0.4, 0.5) is 0 Å². The summed E-state index contributed by atoms with van der Waals surface area (Å²) < 4.78 is 26.9. The first-order valence-corrected chi connectivity index (χ1v) is 7.77. The van der Waals surface area contributed by atoms with Crippen molar-refractivity contribution in [3.63, 3.8) is 0 Å². The Morgan fingerprint density at radius 1 is 1.44 bits per heavy atom. The molecule has 0 aliphatic heterocycles. The van der Waals surface area contributed by atoms with Gasteiger partial charge in [0.25, 0.3) is 0 Å². The van der Waals surface area contributed by atoms with Gasteiger partial charge in [-0.1, -0.05) is 12.2 Å². The van der Waals surface area contributed by atoms with Crippen LogP contribution in [0.2, 0.25) is 0 Å². The summed E-state index contributed by atoms with van der Waals surface area (Å²) in [6, 6.07) is -0.170. The number of rotatable bonds is 4. The monoisotopic (exact) mass is 287 g/mol. The number of aromatic carboxylic acids is 1. The molecule has 0 unspecified atom stereocenters. The summed E-state index contributed by atoms with van der Waals surface area (Å²) in [5.41, 5.74) is 0.468. The van der Waals surface area contributed by atoms with E-state index in [-0.39, 0.29) is 15.8 Å². The van der Waals surface area contributed by atoms with Crippen molar-refractivity contribution in [2.45, 2.75) is 30.7 Å². The van der Waals surface area contributed by atoms with Crippen molar-refractivity contribution < 1.29 is 18.3 Å². The van der Waals surface area contributed by atoms with Crippen molar-refractivity contribution in [1.82, 2.24) is 4.72 Å². The molecular formula is C11H13NO4S2. The lowest BCUT2D eigenvalue weighted by atomic mass is 10.3. The minimum Gasteiger partial charge on any atom is -0.477 e. The van der Waals surface area contributed by atoms with E-state index in [0.717, 1.165) is 11.3 Å². The molecule has 0 saturated heterocycles. The maximum atomic E-state index is 12.2. The minimum absolute atomic E-state index is 0.105. The Kier molecular flexibility index (Phi) is 3.56. The van der Waals surface area contributed by atoms with Crippen LogP contribution in [0, 0.1) is 6.92 Å². The van der Waals surface area contributed by atoms with Crippen LogP contribution in [0.15, 0.2) is 22.4 Å². The largest absolute Gasteiger partial charge is 0.477 e. The number of hydrogen-bond donors (Lipinski definition) is 2. The molecule has 98 valence electrons. The summed E-state index contributed by atoms with van der Waals surface area (Å²) in [7, 11) is -3.77. The molecular weight excluding hydrogens is 274 g/mol. The molecule has 0 bridgehead atoms. The lowest BCUT2D eigenvalue weighted by molar-refractivity contribution is 0.0698. The third-order valence-corrected chi connectivity index (χ3v) is 5.63.